The first-order valence-electron chi connectivity index (χ1n) is 5.00. The molecule has 0 amide bonds. The fourth-order valence-electron chi connectivity index (χ4n) is 1.69. The number of hydrogen-bond donors (Lipinski definition) is 2. The monoisotopic (exact) mass is 258 g/mol. The second-order valence-electron chi connectivity index (χ2n) is 3.89. The Balaban J connectivity index is 1.93. The van der Waals surface area contributed by atoms with Crippen LogP contribution in [0.1, 0.15) is 37.3 Å². The molecule has 1 aliphatic rings. The van der Waals surface area contributed by atoms with Crippen LogP contribution in [0.5, 0.6) is 0 Å². The van der Waals surface area contributed by atoms with E-state index >= 15 is 0 Å². The van der Waals surface area contributed by atoms with Gasteiger partial charge in [0.05, 0.1) is 12.3 Å². The van der Waals surface area contributed by atoms with Crippen molar-refractivity contribution < 1.29 is 4.42 Å². The molecule has 3 N–H and O–H groups in total. The SMILES string of the molecule is NNC(CCC1CC1)c1ccoc1Br. The molecule has 1 fully saturated rings. The van der Waals surface area contributed by atoms with Crippen molar-refractivity contribution in [2.75, 3.05) is 0 Å². The van der Waals surface area contributed by atoms with Gasteiger partial charge in [-0.25, -0.2) is 0 Å². The molecular weight excluding hydrogens is 244 g/mol. The summed E-state index contributed by atoms with van der Waals surface area (Å²) in [7, 11) is 0. The molecule has 1 aromatic heterocycles. The van der Waals surface area contributed by atoms with E-state index in [2.05, 4.69) is 21.4 Å². The molecule has 1 unspecified atom stereocenters. The highest BCUT2D eigenvalue weighted by molar-refractivity contribution is 9.10. The second kappa shape index (κ2) is 4.47. The Morgan fingerprint density at radius 3 is 2.93 bits per heavy atom. The van der Waals surface area contributed by atoms with Crippen molar-refractivity contribution in [3.05, 3.63) is 22.6 Å². The standard InChI is InChI=1S/C10H15BrN2O/c11-10-8(5-6-14-10)9(13-12)4-3-7-1-2-7/h5-7,9,13H,1-4,12H2. The summed E-state index contributed by atoms with van der Waals surface area (Å²) in [5, 5.41) is 0. The quantitative estimate of drug-likeness (QED) is 0.631. The number of hydrogen-bond acceptors (Lipinski definition) is 3. The van der Waals surface area contributed by atoms with Crippen molar-refractivity contribution in [2.45, 2.75) is 31.7 Å². The summed E-state index contributed by atoms with van der Waals surface area (Å²) in [6.07, 6.45) is 6.81. The lowest BCUT2D eigenvalue weighted by atomic mass is 10.0. The van der Waals surface area contributed by atoms with E-state index in [-0.39, 0.29) is 6.04 Å². The molecule has 0 radical (unpaired) electrons. The fourth-order valence-corrected chi connectivity index (χ4v) is 2.21. The van der Waals surface area contributed by atoms with Crippen LogP contribution in [0.3, 0.4) is 0 Å². The average Bonchev–Trinajstić information content (AvgIpc) is 2.92. The van der Waals surface area contributed by atoms with E-state index in [0.29, 0.717) is 0 Å². The topological polar surface area (TPSA) is 51.2 Å². The lowest BCUT2D eigenvalue weighted by molar-refractivity contribution is 0.466. The number of hydrazine groups is 1. The Labute approximate surface area is 92.1 Å². The summed E-state index contributed by atoms with van der Waals surface area (Å²) in [5.41, 5.74) is 3.96. The van der Waals surface area contributed by atoms with Crippen molar-refractivity contribution in [1.29, 1.82) is 0 Å². The van der Waals surface area contributed by atoms with Crippen LogP contribution in [-0.2, 0) is 0 Å². The normalized spacial score (nSPS) is 18.4. The molecule has 1 aliphatic carbocycles. The molecule has 1 heterocycles. The van der Waals surface area contributed by atoms with Crippen molar-refractivity contribution in [1.82, 2.24) is 5.43 Å². The molecule has 0 saturated heterocycles. The van der Waals surface area contributed by atoms with E-state index in [1.54, 1.807) is 6.26 Å². The molecule has 0 aromatic carbocycles. The minimum absolute atomic E-state index is 0.212. The van der Waals surface area contributed by atoms with Gasteiger partial charge in [-0.1, -0.05) is 12.8 Å². The van der Waals surface area contributed by atoms with Crippen LogP contribution in [0.15, 0.2) is 21.4 Å². The van der Waals surface area contributed by atoms with E-state index < -0.39 is 0 Å². The van der Waals surface area contributed by atoms with Crippen LogP contribution in [0.25, 0.3) is 0 Å². The van der Waals surface area contributed by atoms with E-state index in [1.165, 1.54) is 19.3 Å². The third-order valence-electron chi connectivity index (χ3n) is 2.78. The van der Waals surface area contributed by atoms with Gasteiger partial charge < -0.3 is 4.42 Å². The van der Waals surface area contributed by atoms with Gasteiger partial charge in [0.25, 0.3) is 0 Å². The molecule has 3 nitrogen and oxygen atoms in total. The number of nitrogens with one attached hydrogen (secondary N) is 1. The number of halogens is 1. The summed E-state index contributed by atoms with van der Waals surface area (Å²) < 4.78 is 5.98. The Kier molecular flexibility index (Phi) is 3.26. The minimum Gasteiger partial charge on any atom is -0.457 e. The second-order valence-corrected chi connectivity index (χ2v) is 4.61. The molecule has 0 bridgehead atoms. The fraction of sp³-hybridized carbons (Fsp3) is 0.600. The summed E-state index contributed by atoms with van der Waals surface area (Å²) in [6, 6.07) is 2.17. The molecule has 4 heteroatoms. The number of nitrogens with two attached hydrogens (primary N) is 1. The molecule has 2 rings (SSSR count). The molecule has 1 saturated carbocycles. The zero-order valence-electron chi connectivity index (χ0n) is 8.00. The molecular formula is C10H15BrN2O. The zero-order valence-corrected chi connectivity index (χ0v) is 9.59. The Morgan fingerprint density at radius 1 is 1.64 bits per heavy atom. The first-order chi connectivity index (χ1) is 6.81. The van der Waals surface area contributed by atoms with Gasteiger partial charge in [-0.3, -0.25) is 11.3 Å². The maximum Gasteiger partial charge on any atom is 0.173 e. The van der Waals surface area contributed by atoms with Crippen LogP contribution >= 0.6 is 15.9 Å². The predicted octanol–water partition coefficient (Wildman–Crippen LogP) is 2.74. The van der Waals surface area contributed by atoms with Crippen molar-refractivity contribution in [2.24, 2.45) is 11.8 Å². The maximum atomic E-state index is 5.53. The van der Waals surface area contributed by atoms with Gasteiger partial charge in [0, 0.05) is 5.56 Å². The molecule has 1 atom stereocenters. The van der Waals surface area contributed by atoms with E-state index in [1.807, 2.05) is 6.07 Å². The largest absolute Gasteiger partial charge is 0.457 e. The summed E-state index contributed by atoms with van der Waals surface area (Å²) in [4.78, 5) is 0. The molecule has 1 aromatic rings. The van der Waals surface area contributed by atoms with Crippen molar-refractivity contribution in [3.63, 3.8) is 0 Å². The van der Waals surface area contributed by atoms with Gasteiger partial charge in [-0.15, -0.1) is 0 Å². The van der Waals surface area contributed by atoms with Gasteiger partial charge in [0.15, 0.2) is 4.67 Å². The zero-order chi connectivity index (χ0) is 9.97. The van der Waals surface area contributed by atoms with Crippen LogP contribution in [0.4, 0.5) is 0 Å². The summed E-state index contributed by atoms with van der Waals surface area (Å²) >= 11 is 3.37. The van der Waals surface area contributed by atoms with Crippen molar-refractivity contribution >= 4 is 15.9 Å². The highest BCUT2D eigenvalue weighted by Gasteiger charge is 2.23. The Morgan fingerprint density at radius 2 is 2.43 bits per heavy atom. The molecule has 78 valence electrons. The van der Waals surface area contributed by atoms with Crippen LogP contribution in [0, 0.1) is 5.92 Å². The van der Waals surface area contributed by atoms with Crippen LogP contribution in [0.2, 0.25) is 0 Å². The summed E-state index contributed by atoms with van der Waals surface area (Å²) in [6.45, 7) is 0. The Bertz CT molecular complexity index is 296. The number of furan rings is 1. The lowest BCUT2D eigenvalue weighted by Gasteiger charge is -2.14. The molecule has 0 spiro atoms. The lowest BCUT2D eigenvalue weighted by Crippen LogP contribution is -2.28. The molecule has 14 heavy (non-hydrogen) atoms. The van der Waals surface area contributed by atoms with Gasteiger partial charge in [0.1, 0.15) is 0 Å². The van der Waals surface area contributed by atoms with Gasteiger partial charge in [-0.05, 0) is 40.8 Å². The highest BCUT2D eigenvalue weighted by Crippen LogP contribution is 2.36. The average molecular weight is 259 g/mol. The maximum absolute atomic E-state index is 5.53. The van der Waals surface area contributed by atoms with E-state index in [4.69, 9.17) is 10.3 Å². The highest BCUT2D eigenvalue weighted by atomic mass is 79.9. The van der Waals surface area contributed by atoms with Gasteiger partial charge in [0.2, 0.25) is 0 Å². The number of rotatable bonds is 5. The van der Waals surface area contributed by atoms with E-state index in [0.717, 1.165) is 22.6 Å². The first kappa shape index (κ1) is 10.2. The third kappa shape index (κ3) is 2.38. The van der Waals surface area contributed by atoms with Gasteiger partial charge >= 0.3 is 0 Å². The van der Waals surface area contributed by atoms with E-state index in [9.17, 15) is 0 Å². The predicted molar refractivity (Wildman–Crippen MR) is 58.4 cm³/mol. The first-order valence-corrected chi connectivity index (χ1v) is 5.79. The third-order valence-corrected chi connectivity index (χ3v) is 3.43. The van der Waals surface area contributed by atoms with Gasteiger partial charge in [-0.2, -0.15) is 0 Å². The van der Waals surface area contributed by atoms with Crippen molar-refractivity contribution in [3.8, 4) is 0 Å². The van der Waals surface area contributed by atoms with Crippen LogP contribution < -0.4 is 11.3 Å². The van der Waals surface area contributed by atoms with Crippen LogP contribution in [-0.4, -0.2) is 0 Å². The smallest absolute Gasteiger partial charge is 0.173 e. The Hall–Kier alpha value is -0.320. The molecule has 0 aliphatic heterocycles. The minimum atomic E-state index is 0.212. The summed E-state index contributed by atoms with van der Waals surface area (Å²) in [5.74, 6) is 6.47.